The number of aromatic nitrogens is 1. The Morgan fingerprint density at radius 3 is 2.96 bits per heavy atom. The van der Waals surface area contributed by atoms with Gasteiger partial charge in [0.1, 0.15) is 0 Å². The number of nitrogens with zero attached hydrogens (tertiary/aromatic N) is 1. The van der Waals surface area contributed by atoms with Gasteiger partial charge in [-0.3, -0.25) is 4.79 Å². The predicted octanol–water partition coefficient (Wildman–Crippen LogP) is 2.93. The van der Waals surface area contributed by atoms with Gasteiger partial charge in [-0.15, -0.1) is 11.3 Å². The summed E-state index contributed by atoms with van der Waals surface area (Å²) in [5, 5.41) is 4.27. The van der Waals surface area contributed by atoms with Gasteiger partial charge in [0.25, 0.3) is 5.91 Å². The molecule has 1 aromatic carbocycles. The van der Waals surface area contributed by atoms with Crippen LogP contribution in [0.5, 0.6) is 0 Å². The zero-order valence-corrected chi connectivity index (χ0v) is 14.6. The number of rotatable bonds is 3. The number of hydrogen-bond donors (Lipinski definition) is 1. The van der Waals surface area contributed by atoms with Crippen molar-refractivity contribution in [2.24, 2.45) is 0 Å². The molecule has 1 amide bonds. The van der Waals surface area contributed by atoms with E-state index < -0.39 is 0 Å². The Labute approximate surface area is 145 Å². The van der Waals surface area contributed by atoms with Crippen molar-refractivity contribution in [1.82, 2.24) is 10.3 Å². The molecule has 4 rings (SSSR count). The number of thiazole rings is 1. The highest BCUT2D eigenvalue weighted by molar-refractivity contribution is 7.18. The molecular formula is C18H22N2O3S. The number of aryl methyl sites for hydroxylation is 1. The molecule has 1 saturated heterocycles. The number of carbonyl (C=O) groups is 1. The van der Waals surface area contributed by atoms with Crippen molar-refractivity contribution in [3.63, 3.8) is 0 Å². The maximum Gasteiger partial charge on any atom is 0.251 e. The second-order valence-electron chi connectivity index (χ2n) is 6.45. The third kappa shape index (κ3) is 3.18. The molecule has 0 bridgehead atoms. The van der Waals surface area contributed by atoms with E-state index in [1.165, 1.54) is 0 Å². The number of hydrogen-bond acceptors (Lipinski definition) is 5. The third-order valence-corrected chi connectivity index (χ3v) is 5.97. The molecule has 5 nitrogen and oxygen atoms in total. The Bertz CT molecular complexity index is 745. The minimum atomic E-state index is -0.0106. The average Bonchev–Trinajstić information content (AvgIpc) is 3.04. The number of nitrogens with one attached hydrogen (secondary N) is 1. The quantitative estimate of drug-likeness (QED) is 0.928. The molecular weight excluding hydrogens is 324 g/mol. The standard InChI is InChI=1S/C18H22N2O3S/c1-2-17-20-13-5-3-11(9-16(13)24-17)18(21)19-12-4-6-14-15(10-12)23-8-7-22-14/h3,5,9,12,14-15H,2,4,6-8,10H2,1H3,(H,19,21). The van der Waals surface area contributed by atoms with E-state index in [1.54, 1.807) is 11.3 Å². The summed E-state index contributed by atoms with van der Waals surface area (Å²) < 4.78 is 12.6. The monoisotopic (exact) mass is 346 g/mol. The van der Waals surface area contributed by atoms with Crippen molar-refractivity contribution >= 4 is 27.5 Å². The minimum absolute atomic E-state index is 0.0106. The second kappa shape index (κ2) is 6.78. The van der Waals surface area contributed by atoms with Crippen LogP contribution in [0.2, 0.25) is 0 Å². The van der Waals surface area contributed by atoms with Gasteiger partial charge >= 0.3 is 0 Å². The maximum atomic E-state index is 12.6. The molecule has 1 aliphatic carbocycles. The summed E-state index contributed by atoms with van der Waals surface area (Å²) in [6.45, 7) is 3.44. The van der Waals surface area contributed by atoms with Gasteiger partial charge in [-0.25, -0.2) is 4.98 Å². The van der Waals surface area contributed by atoms with E-state index in [-0.39, 0.29) is 24.2 Å². The van der Waals surface area contributed by atoms with E-state index in [1.807, 2.05) is 18.2 Å². The van der Waals surface area contributed by atoms with Crippen LogP contribution in [0.25, 0.3) is 10.2 Å². The fourth-order valence-corrected chi connectivity index (χ4v) is 4.48. The van der Waals surface area contributed by atoms with Gasteiger partial charge in [-0.1, -0.05) is 6.92 Å². The first kappa shape index (κ1) is 16.0. The zero-order chi connectivity index (χ0) is 16.5. The van der Waals surface area contributed by atoms with Gasteiger partial charge in [-0.2, -0.15) is 0 Å². The molecule has 24 heavy (non-hydrogen) atoms. The van der Waals surface area contributed by atoms with Gasteiger partial charge < -0.3 is 14.8 Å². The maximum absolute atomic E-state index is 12.6. The molecule has 1 N–H and O–H groups in total. The Morgan fingerprint density at radius 2 is 2.12 bits per heavy atom. The van der Waals surface area contributed by atoms with Crippen molar-refractivity contribution < 1.29 is 14.3 Å². The van der Waals surface area contributed by atoms with Crippen LogP contribution in [0.3, 0.4) is 0 Å². The van der Waals surface area contributed by atoms with Crippen molar-refractivity contribution in [2.45, 2.75) is 50.9 Å². The molecule has 0 radical (unpaired) electrons. The van der Waals surface area contributed by atoms with Crippen LogP contribution in [0.15, 0.2) is 18.2 Å². The van der Waals surface area contributed by atoms with Crippen molar-refractivity contribution in [3.05, 3.63) is 28.8 Å². The number of benzene rings is 1. The Morgan fingerprint density at radius 1 is 1.29 bits per heavy atom. The molecule has 6 heteroatoms. The molecule has 2 aliphatic rings. The molecule has 1 aromatic heterocycles. The summed E-state index contributed by atoms with van der Waals surface area (Å²) in [6, 6.07) is 5.91. The minimum Gasteiger partial charge on any atom is -0.373 e. The lowest BCUT2D eigenvalue weighted by Gasteiger charge is -2.39. The Hall–Kier alpha value is -1.50. The first-order valence-corrected chi connectivity index (χ1v) is 9.48. The first-order valence-electron chi connectivity index (χ1n) is 8.66. The van der Waals surface area contributed by atoms with Crippen LogP contribution in [0.1, 0.15) is 41.6 Å². The number of amides is 1. The average molecular weight is 346 g/mol. The summed E-state index contributed by atoms with van der Waals surface area (Å²) in [6.07, 6.45) is 3.97. The molecule has 3 unspecified atom stereocenters. The van der Waals surface area contributed by atoms with E-state index >= 15 is 0 Å². The third-order valence-electron chi connectivity index (χ3n) is 4.81. The summed E-state index contributed by atoms with van der Waals surface area (Å²) in [7, 11) is 0. The normalized spacial score (nSPS) is 27.0. The smallest absolute Gasteiger partial charge is 0.251 e. The lowest BCUT2D eigenvalue weighted by Crippen LogP contribution is -2.49. The number of ether oxygens (including phenoxy) is 2. The molecule has 2 heterocycles. The van der Waals surface area contributed by atoms with Crippen molar-refractivity contribution in [3.8, 4) is 0 Å². The number of fused-ring (bicyclic) bond motifs is 2. The highest BCUT2D eigenvalue weighted by atomic mass is 32.1. The van der Waals surface area contributed by atoms with Crippen LogP contribution < -0.4 is 5.32 Å². The molecule has 0 spiro atoms. The predicted molar refractivity (Wildman–Crippen MR) is 93.6 cm³/mol. The van der Waals surface area contributed by atoms with Crippen LogP contribution in [-0.2, 0) is 15.9 Å². The second-order valence-corrected chi connectivity index (χ2v) is 7.56. The number of carbonyl (C=O) groups excluding carboxylic acids is 1. The fourth-order valence-electron chi connectivity index (χ4n) is 3.53. The van der Waals surface area contributed by atoms with Crippen LogP contribution in [0, 0.1) is 0 Å². The SMILES string of the molecule is CCc1nc2ccc(C(=O)NC3CCC4OCCOC4C3)cc2s1. The molecule has 2 fully saturated rings. The molecule has 1 saturated carbocycles. The lowest BCUT2D eigenvalue weighted by atomic mass is 9.89. The van der Waals surface area contributed by atoms with Gasteiger partial charge in [0.15, 0.2) is 0 Å². The van der Waals surface area contributed by atoms with E-state index in [0.717, 1.165) is 40.9 Å². The largest absolute Gasteiger partial charge is 0.373 e. The van der Waals surface area contributed by atoms with Crippen LogP contribution in [0.4, 0.5) is 0 Å². The van der Waals surface area contributed by atoms with Gasteiger partial charge in [0.05, 0.1) is 40.6 Å². The summed E-state index contributed by atoms with van der Waals surface area (Å²) in [5.41, 5.74) is 1.68. The Balaban J connectivity index is 1.44. The highest BCUT2D eigenvalue weighted by Gasteiger charge is 2.34. The summed E-state index contributed by atoms with van der Waals surface area (Å²) in [4.78, 5) is 17.1. The van der Waals surface area contributed by atoms with E-state index in [2.05, 4.69) is 17.2 Å². The van der Waals surface area contributed by atoms with E-state index in [9.17, 15) is 4.79 Å². The Kier molecular flexibility index (Phi) is 4.52. The van der Waals surface area contributed by atoms with E-state index in [4.69, 9.17) is 9.47 Å². The fraction of sp³-hybridized carbons (Fsp3) is 0.556. The van der Waals surface area contributed by atoms with Crippen molar-refractivity contribution in [2.75, 3.05) is 13.2 Å². The molecule has 1 aliphatic heterocycles. The zero-order valence-electron chi connectivity index (χ0n) is 13.8. The van der Waals surface area contributed by atoms with Gasteiger partial charge in [0.2, 0.25) is 0 Å². The lowest BCUT2D eigenvalue weighted by molar-refractivity contribution is -0.157. The topological polar surface area (TPSA) is 60.5 Å². The highest BCUT2D eigenvalue weighted by Crippen LogP contribution is 2.27. The summed E-state index contributed by atoms with van der Waals surface area (Å²) in [5.74, 6) is -0.0106. The van der Waals surface area contributed by atoms with Gasteiger partial charge in [0, 0.05) is 11.6 Å². The molecule has 128 valence electrons. The molecule has 3 atom stereocenters. The van der Waals surface area contributed by atoms with Gasteiger partial charge in [-0.05, 0) is 43.9 Å². The van der Waals surface area contributed by atoms with Crippen LogP contribution >= 0.6 is 11.3 Å². The van der Waals surface area contributed by atoms with Crippen LogP contribution in [-0.4, -0.2) is 42.4 Å². The van der Waals surface area contributed by atoms with Crippen molar-refractivity contribution in [1.29, 1.82) is 0 Å². The molecule has 2 aromatic rings. The van der Waals surface area contributed by atoms with E-state index in [0.29, 0.717) is 18.8 Å². The summed E-state index contributed by atoms with van der Waals surface area (Å²) >= 11 is 1.66. The first-order chi connectivity index (χ1) is 11.7.